The Bertz CT molecular complexity index is 834. The molecule has 1 amide bonds. The van der Waals surface area contributed by atoms with Crippen molar-refractivity contribution in [1.29, 1.82) is 0 Å². The molecule has 24 heavy (non-hydrogen) atoms. The number of anilines is 2. The second kappa shape index (κ2) is 7.35. The monoisotopic (exact) mass is 348 g/mol. The van der Waals surface area contributed by atoms with Crippen LogP contribution in [0.15, 0.2) is 48.5 Å². The molecule has 0 aliphatic rings. The smallest absolute Gasteiger partial charge is 0.255 e. The van der Waals surface area contributed by atoms with Gasteiger partial charge in [0.2, 0.25) is 10.0 Å². The third kappa shape index (κ3) is 4.48. The number of nitrogens with one attached hydrogen (secondary N) is 1. The van der Waals surface area contributed by atoms with Gasteiger partial charge in [-0.3, -0.25) is 9.10 Å². The first-order chi connectivity index (χ1) is 11.3. The van der Waals surface area contributed by atoms with E-state index in [1.54, 1.807) is 42.5 Å². The summed E-state index contributed by atoms with van der Waals surface area (Å²) >= 11 is 0. The lowest BCUT2D eigenvalue weighted by atomic mass is 10.2. The van der Waals surface area contributed by atoms with E-state index in [1.807, 2.05) is 6.92 Å². The van der Waals surface area contributed by atoms with E-state index in [4.69, 9.17) is 4.74 Å². The fourth-order valence-corrected chi connectivity index (χ4v) is 2.56. The summed E-state index contributed by atoms with van der Waals surface area (Å²) in [5, 5.41) is 2.78. The standard InChI is InChI=1S/C17H20N2O4S/c1-4-23-16-10-6-8-14(12-16)18-17(20)13-7-5-9-15(11-13)19(2)24(3,21)22/h5-12H,4H2,1-3H3,(H,18,20). The Labute approximate surface area is 142 Å². The summed E-state index contributed by atoms with van der Waals surface area (Å²) in [6, 6.07) is 13.5. The summed E-state index contributed by atoms with van der Waals surface area (Å²) in [6.45, 7) is 2.42. The Morgan fingerprint density at radius 3 is 2.54 bits per heavy atom. The Hall–Kier alpha value is -2.54. The highest BCUT2D eigenvalue weighted by Gasteiger charge is 2.14. The molecule has 0 fully saturated rings. The molecule has 0 heterocycles. The summed E-state index contributed by atoms with van der Waals surface area (Å²) in [7, 11) is -1.94. The highest BCUT2D eigenvalue weighted by molar-refractivity contribution is 7.92. The number of hydrogen-bond acceptors (Lipinski definition) is 4. The third-order valence-corrected chi connectivity index (χ3v) is 4.58. The predicted molar refractivity (Wildman–Crippen MR) is 95.3 cm³/mol. The molecule has 1 N–H and O–H groups in total. The zero-order valence-electron chi connectivity index (χ0n) is 13.8. The second-order valence-electron chi connectivity index (χ2n) is 5.20. The second-order valence-corrected chi connectivity index (χ2v) is 7.21. The number of benzene rings is 2. The average molecular weight is 348 g/mol. The van der Waals surface area contributed by atoms with Crippen LogP contribution < -0.4 is 14.4 Å². The van der Waals surface area contributed by atoms with Gasteiger partial charge in [0.05, 0.1) is 18.6 Å². The number of carbonyl (C=O) groups excluding carboxylic acids is 1. The van der Waals surface area contributed by atoms with Crippen molar-refractivity contribution in [1.82, 2.24) is 0 Å². The van der Waals surface area contributed by atoms with Gasteiger partial charge in [-0.05, 0) is 37.3 Å². The lowest BCUT2D eigenvalue weighted by Gasteiger charge is -2.17. The molecule has 0 radical (unpaired) electrons. The fourth-order valence-electron chi connectivity index (χ4n) is 2.07. The van der Waals surface area contributed by atoms with E-state index in [0.717, 1.165) is 10.6 Å². The molecular weight excluding hydrogens is 328 g/mol. The molecule has 128 valence electrons. The summed E-state index contributed by atoms with van der Waals surface area (Å²) in [5.41, 5.74) is 1.39. The largest absolute Gasteiger partial charge is 0.494 e. The van der Waals surface area contributed by atoms with Crippen LogP contribution in [0.1, 0.15) is 17.3 Å². The first-order valence-electron chi connectivity index (χ1n) is 7.39. The molecule has 0 atom stereocenters. The van der Waals surface area contributed by atoms with Gasteiger partial charge in [0.15, 0.2) is 0 Å². The van der Waals surface area contributed by atoms with Crippen molar-refractivity contribution in [3.05, 3.63) is 54.1 Å². The molecule has 0 unspecified atom stereocenters. The number of carbonyl (C=O) groups is 1. The highest BCUT2D eigenvalue weighted by atomic mass is 32.2. The van der Waals surface area contributed by atoms with Crippen LogP contribution in [0.5, 0.6) is 5.75 Å². The van der Waals surface area contributed by atoms with Gasteiger partial charge in [-0.25, -0.2) is 8.42 Å². The van der Waals surface area contributed by atoms with Crippen LogP contribution in [0.4, 0.5) is 11.4 Å². The first-order valence-corrected chi connectivity index (χ1v) is 9.24. The van der Waals surface area contributed by atoms with Crippen molar-refractivity contribution >= 4 is 27.3 Å². The van der Waals surface area contributed by atoms with Crippen molar-refractivity contribution in [2.75, 3.05) is 29.5 Å². The number of amides is 1. The van der Waals surface area contributed by atoms with Gasteiger partial charge in [-0.15, -0.1) is 0 Å². The summed E-state index contributed by atoms with van der Waals surface area (Å²) in [4.78, 5) is 12.4. The molecule has 0 spiro atoms. The molecule has 0 aliphatic heterocycles. The van der Waals surface area contributed by atoms with Crippen LogP contribution in [0.25, 0.3) is 0 Å². The zero-order chi connectivity index (χ0) is 17.7. The number of nitrogens with zero attached hydrogens (tertiary/aromatic N) is 1. The first kappa shape index (κ1) is 17.8. The van der Waals surface area contributed by atoms with E-state index in [9.17, 15) is 13.2 Å². The maximum atomic E-state index is 12.4. The molecule has 0 bridgehead atoms. The van der Waals surface area contributed by atoms with E-state index in [1.165, 1.54) is 13.1 Å². The van der Waals surface area contributed by atoms with Gasteiger partial charge in [-0.1, -0.05) is 12.1 Å². The van der Waals surface area contributed by atoms with Crippen molar-refractivity contribution in [2.45, 2.75) is 6.92 Å². The lowest BCUT2D eigenvalue weighted by molar-refractivity contribution is 0.102. The molecule has 0 aromatic heterocycles. The Morgan fingerprint density at radius 1 is 1.17 bits per heavy atom. The van der Waals surface area contributed by atoms with E-state index in [2.05, 4.69) is 5.32 Å². The Balaban J connectivity index is 2.20. The van der Waals surface area contributed by atoms with Crippen LogP contribution in [-0.4, -0.2) is 34.2 Å². The molecule has 0 saturated carbocycles. The van der Waals surface area contributed by atoms with Gasteiger partial charge in [0.1, 0.15) is 5.75 Å². The van der Waals surface area contributed by atoms with Gasteiger partial charge in [-0.2, -0.15) is 0 Å². The van der Waals surface area contributed by atoms with E-state index in [-0.39, 0.29) is 5.91 Å². The quantitative estimate of drug-likeness (QED) is 0.871. The maximum absolute atomic E-state index is 12.4. The highest BCUT2D eigenvalue weighted by Crippen LogP contribution is 2.20. The molecular formula is C17H20N2O4S. The van der Waals surface area contributed by atoms with Gasteiger partial charge in [0, 0.05) is 24.4 Å². The number of ether oxygens (including phenoxy) is 1. The minimum atomic E-state index is -3.38. The molecule has 0 aliphatic carbocycles. The van der Waals surface area contributed by atoms with Crippen LogP contribution in [-0.2, 0) is 10.0 Å². The molecule has 2 aromatic carbocycles. The van der Waals surface area contributed by atoms with Crippen molar-refractivity contribution in [2.24, 2.45) is 0 Å². The minimum absolute atomic E-state index is 0.326. The third-order valence-electron chi connectivity index (χ3n) is 3.37. The van der Waals surface area contributed by atoms with E-state index in [0.29, 0.717) is 29.3 Å². The molecule has 0 saturated heterocycles. The van der Waals surface area contributed by atoms with E-state index >= 15 is 0 Å². The molecule has 6 nitrogen and oxygen atoms in total. The van der Waals surface area contributed by atoms with Crippen LogP contribution in [0.3, 0.4) is 0 Å². The Morgan fingerprint density at radius 2 is 1.88 bits per heavy atom. The van der Waals surface area contributed by atoms with E-state index < -0.39 is 10.0 Å². The van der Waals surface area contributed by atoms with Crippen molar-refractivity contribution < 1.29 is 17.9 Å². The number of rotatable bonds is 6. The topological polar surface area (TPSA) is 75.7 Å². The van der Waals surface area contributed by atoms with Crippen LogP contribution in [0, 0.1) is 0 Å². The zero-order valence-corrected chi connectivity index (χ0v) is 14.6. The fraction of sp³-hybridized carbons (Fsp3) is 0.235. The molecule has 2 aromatic rings. The average Bonchev–Trinajstić information content (AvgIpc) is 2.54. The Kier molecular flexibility index (Phi) is 5.46. The van der Waals surface area contributed by atoms with Gasteiger partial charge in [0.25, 0.3) is 5.91 Å². The number of hydrogen-bond donors (Lipinski definition) is 1. The van der Waals surface area contributed by atoms with Crippen molar-refractivity contribution in [3.63, 3.8) is 0 Å². The van der Waals surface area contributed by atoms with Crippen molar-refractivity contribution in [3.8, 4) is 5.75 Å². The van der Waals surface area contributed by atoms with Crippen LogP contribution >= 0.6 is 0 Å². The lowest BCUT2D eigenvalue weighted by Crippen LogP contribution is -2.25. The molecule has 7 heteroatoms. The minimum Gasteiger partial charge on any atom is -0.494 e. The summed E-state index contributed by atoms with van der Waals surface area (Å²) in [5.74, 6) is 0.341. The summed E-state index contributed by atoms with van der Waals surface area (Å²) < 4.78 is 29.8. The SMILES string of the molecule is CCOc1cccc(NC(=O)c2cccc(N(C)S(C)(=O)=O)c2)c1. The van der Waals surface area contributed by atoms with Crippen LogP contribution in [0.2, 0.25) is 0 Å². The maximum Gasteiger partial charge on any atom is 0.255 e. The molecule has 2 rings (SSSR count). The summed E-state index contributed by atoms with van der Waals surface area (Å²) in [6.07, 6.45) is 1.11. The van der Waals surface area contributed by atoms with Gasteiger partial charge >= 0.3 is 0 Å². The number of sulfonamides is 1. The normalized spacial score (nSPS) is 11.0. The predicted octanol–water partition coefficient (Wildman–Crippen LogP) is 2.73. The van der Waals surface area contributed by atoms with Gasteiger partial charge < -0.3 is 10.1 Å².